The molecule has 7 heteroatoms. The van der Waals surface area contributed by atoms with Gasteiger partial charge in [-0.25, -0.2) is 0 Å². The zero-order valence-electron chi connectivity index (χ0n) is 14.9. The van der Waals surface area contributed by atoms with Crippen molar-refractivity contribution in [2.45, 2.75) is 6.04 Å². The third-order valence-electron chi connectivity index (χ3n) is 4.75. The Morgan fingerprint density at radius 3 is 2.52 bits per heavy atom. The van der Waals surface area contributed by atoms with Gasteiger partial charge in [-0.15, -0.1) is 0 Å². The molecule has 2 fully saturated rings. The lowest BCUT2D eigenvalue weighted by Crippen LogP contribution is -2.44. The molecule has 0 bridgehead atoms. The number of guanidine groups is 1. The lowest BCUT2D eigenvalue weighted by molar-refractivity contribution is 0.0179. The van der Waals surface area contributed by atoms with Crippen molar-refractivity contribution < 1.29 is 9.47 Å². The summed E-state index contributed by atoms with van der Waals surface area (Å²) in [5.41, 5.74) is 7.50. The van der Waals surface area contributed by atoms with E-state index in [4.69, 9.17) is 20.2 Å². The minimum Gasteiger partial charge on any atom is -0.497 e. The average Bonchev–Trinajstić information content (AvgIpc) is 2.70. The zero-order valence-corrected chi connectivity index (χ0v) is 15.7. The van der Waals surface area contributed by atoms with Crippen LogP contribution in [0.15, 0.2) is 29.3 Å². The number of methoxy groups -OCH3 is 1. The molecule has 2 aliphatic rings. The number of nitrogens with two attached hydrogens (primary N) is 1. The van der Waals surface area contributed by atoms with E-state index in [1.54, 1.807) is 7.11 Å². The minimum atomic E-state index is 0.215. The molecule has 0 amide bonds. The molecule has 2 heterocycles. The highest BCUT2D eigenvalue weighted by molar-refractivity contribution is 7.99. The van der Waals surface area contributed by atoms with Gasteiger partial charge in [0.1, 0.15) is 5.75 Å². The third-order valence-corrected chi connectivity index (χ3v) is 5.69. The summed E-state index contributed by atoms with van der Waals surface area (Å²) in [6.07, 6.45) is 0. The fourth-order valence-electron chi connectivity index (χ4n) is 3.22. The number of morpholine rings is 1. The van der Waals surface area contributed by atoms with E-state index in [1.807, 2.05) is 23.9 Å². The quantitative estimate of drug-likeness (QED) is 0.630. The zero-order chi connectivity index (χ0) is 17.5. The number of thioether (sulfide) groups is 1. The van der Waals surface area contributed by atoms with E-state index in [0.29, 0.717) is 12.5 Å². The largest absolute Gasteiger partial charge is 0.497 e. The van der Waals surface area contributed by atoms with Gasteiger partial charge in [0.15, 0.2) is 5.96 Å². The van der Waals surface area contributed by atoms with Crippen molar-refractivity contribution in [2.24, 2.45) is 10.7 Å². The maximum atomic E-state index is 6.25. The number of rotatable bonds is 5. The Kier molecular flexibility index (Phi) is 6.84. The van der Waals surface area contributed by atoms with Crippen LogP contribution in [0.4, 0.5) is 0 Å². The highest BCUT2D eigenvalue weighted by Crippen LogP contribution is 2.24. The maximum absolute atomic E-state index is 6.25. The van der Waals surface area contributed by atoms with Crippen molar-refractivity contribution in [2.75, 3.05) is 64.6 Å². The first-order valence-electron chi connectivity index (χ1n) is 8.86. The number of nitrogens with zero attached hydrogens (tertiary/aromatic N) is 3. The Morgan fingerprint density at radius 2 is 1.88 bits per heavy atom. The molecule has 6 nitrogen and oxygen atoms in total. The van der Waals surface area contributed by atoms with Crippen molar-refractivity contribution in [3.05, 3.63) is 29.8 Å². The lowest BCUT2D eigenvalue weighted by Gasteiger charge is -2.34. The average molecular weight is 365 g/mol. The molecule has 2 saturated heterocycles. The summed E-state index contributed by atoms with van der Waals surface area (Å²) in [6, 6.07) is 8.49. The lowest BCUT2D eigenvalue weighted by atomic mass is 10.0. The molecule has 1 unspecified atom stereocenters. The van der Waals surface area contributed by atoms with Crippen LogP contribution in [0.3, 0.4) is 0 Å². The number of aliphatic imine (C=N–C) groups is 1. The molecule has 1 aromatic rings. The van der Waals surface area contributed by atoms with Gasteiger partial charge in [-0.05, 0) is 17.7 Å². The van der Waals surface area contributed by atoms with Gasteiger partial charge in [0.2, 0.25) is 0 Å². The van der Waals surface area contributed by atoms with Crippen molar-refractivity contribution in [1.82, 2.24) is 9.80 Å². The van der Waals surface area contributed by atoms with Crippen molar-refractivity contribution in [3.8, 4) is 5.75 Å². The van der Waals surface area contributed by atoms with Crippen LogP contribution in [0.5, 0.6) is 5.75 Å². The molecule has 138 valence electrons. The second kappa shape index (κ2) is 9.31. The fraction of sp³-hybridized carbons (Fsp3) is 0.611. The monoisotopic (exact) mass is 364 g/mol. The predicted molar refractivity (Wildman–Crippen MR) is 104 cm³/mol. The SMILES string of the molecule is COc1ccc(C(CN=C(N)N2CCSCC2)N2CCOCC2)cc1. The molecule has 1 atom stereocenters. The first kappa shape index (κ1) is 18.4. The van der Waals surface area contributed by atoms with Crippen LogP contribution < -0.4 is 10.5 Å². The third kappa shape index (κ3) is 5.03. The molecule has 1 aromatic carbocycles. The van der Waals surface area contributed by atoms with Crippen molar-refractivity contribution in [1.29, 1.82) is 0 Å². The molecule has 0 aromatic heterocycles. The Morgan fingerprint density at radius 1 is 1.20 bits per heavy atom. The number of ether oxygens (including phenoxy) is 2. The molecular weight excluding hydrogens is 336 g/mol. The topological polar surface area (TPSA) is 63.3 Å². The van der Waals surface area contributed by atoms with Gasteiger partial charge in [0.05, 0.1) is 32.9 Å². The summed E-state index contributed by atoms with van der Waals surface area (Å²) in [6.45, 7) is 6.04. The Labute approximate surface area is 154 Å². The summed E-state index contributed by atoms with van der Waals surface area (Å²) >= 11 is 1.98. The molecule has 0 aliphatic carbocycles. The summed E-state index contributed by atoms with van der Waals surface area (Å²) in [5, 5.41) is 0. The number of benzene rings is 1. The van der Waals surface area contributed by atoms with Gasteiger partial charge in [-0.1, -0.05) is 12.1 Å². The van der Waals surface area contributed by atoms with Gasteiger partial charge in [-0.2, -0.15) is 11.8 Å². The molecule has 0 saturated carbocycles. The Hall–Kier alpha value is -1.44. The Balaban J connectivity index is 1.72. The van der Waals surface area contributed by atoms with E-state index in [0.717, 1.165) is 56.6 Å². The summed E-state index contributed by atoms with van der Waals surface area (Å²) < 4.78 is 10.8. The molecular formula is C18H28N4O2S. The van der Waals surface area contributed by atoms with Crippen LogP contribution in [0.2, 0.25) is 0 Å². The van der Waals surface area contributed by atoms with E-state index < -0.39 is 0 Å². The van der Waals surface area contributed by atoms with E-state index in [2.05, 4.69) is 21.9 Å². The van der Waals surface area contributed by atoms with Gasteiger partial charge in [0.25, 0.3) is 0 Å². The molecule has 2 aliphatic heterocycles. The smallest absolute Gasteiger partial charge is 0.191 e. The molecule has 0 radical (unpaired) electrons. The molecule has 2 N–H and O–H groups in total. The number of hydrogen-bond donors (Lipinski definition) is 1. The standard InChI is InChI=1S/C18H28N4O2S/c1-23-16-4-2-15(3-5-16)17(21-6-10-24-11-7-21)14-20-18(19)22-8-12-25-13-9-22/h2-5,17H,6-14H2,1H3,(H2,19,20). The van der Waals surface area contributed by atoms with Gasteiger partial charge in [-0.3, -0.25) is 9.89 Å². The van der Waals surface area contributed by atoms with Gasteiger partial charge < -0.3 is 20.1 Å². The molecule has 3 rings (SSSR count). The summed E-state index contributed by atoms with van der Waals surface area (Å²) in [5.74, 6) is 3.80. The fourth-order valence-corrected chi connectivity index (χ4v) is 4.12. The first-order valence-corrected chi connectivity index (χ1v) is 10.0. The number of hydrogen-bond acceptors (Lipinski definition) is 5. The van der Waals surface area contributed by atoms with Crippen LogP contribution in [-0.4, -0.2) is 80.3 Å². The van der Waals surface area contributed by atoms with E-state index in [-0.39, 0.29) is 6.04 Å². The molecule has 25 heavy (non-hydrogen) atoms. The normalized spacial score (nSPS) is 21.2. The summed E-state index contributed by atoms with van der Waals surface area (Å²) in [7, 11) is 1.69. The van der Waals surface area contributed by atoms with Gasteiger partial charge >= 0.3 is 0 Å². The van der Waals surface area contributed by atoms with Gasteiger partial charge in [0, 0.05) is 37.7 Å². The predicted octanol–water partition coefficient (Wildman–Crippen LogP) is 1.43. The maximum Gasteiger partial charge on any atom is 0.191 e. The highest BCUT2D eigenvalue weighted by Gasteiger charge is 2.23. The minimum absolute atomic E-state index is 0.215. The van der Waals surface area contributed by atoms with Crippen LogP contribution in [0, 0.1) is 0 Å². The highest BCUT2D eigenvalue weighted by atomic mass is 32.2. The Bertz CT molecular complexity index is 555. The molecule has 0 spiro atoms. The van der Waals surface area contributed by atoms with Crippen LogP contribution in [0.1, 0.15) is 11.6 Å². The summed E-state index contributed by atoms with van der Waals surface area (Å²) in [4.78, 5) is 9.37. The van der Waals surface area contributed by atoms with Crippen LogP contribution in [0.25, 0.3) is 0 Å². The van der Waals surface area contributed by atoms with E-state index >= 15 is 0 Å². The van der Waals surface area contributed by atoms with Crippen LogP contribution in [-0.2, 0) is 4.74 Å². The van der Waals surface area contributed by atoms with E-state index in [9.17, 15) is 0 Å². The first-order chi connectivity index (χ1) is 12.3. The van der Waals surface area contributed by atoms with Crippen LogP contribution >= 0.6 is 11.8 Å². The second-order valence-electron chi connectivity index (χ2n) is 6.24. The van der Waals surface area contributed by atoms with Crippen molar-refractivity contribution >= 4 is 17.7 Å². The van der Waals surface area contributed by atoms with E-state index in [1.165, 1.54) is 5.56 Å². The second-order valence-corrected chi connectivity index (χ2v) is 7.46. The van der Waals surface area contributed by atoms with Crippen molar-refractivity contribution in [3.63, 3.8) is 0 Å².